The van der Waals surface area contributed by atoms with Gasteiger partial charge in [-0.2, -0.15) is 0 Å². The maximum atomic E-state index is 11.1. The van der Waals surface area contributed by atoms with E-state index in [1.54, 1.807) is 0 Å². The number of aliphatic carboxylic acids is 1. The summed E-state index contributed by atoms with van der Waals surface area (Å²) in [6.07, 6.45) is 3.04. The second kappa shape index (κ2) is 3.21. The molecule has 1 aliphatic carbocycles. The smallest absolute Gasteiger partial charge is 0.307 e. The second-order valence-corrected chi connectivity index (χ2v) is 6.13. The van der Waals surface area contributed by atoms with Crippen LogP contribution in [0.2, 0.25) is 0 Å². The predicted molar refractivity (Wildman–Crippen MR) is 58.7 cm³/mol. The quantitative estimate of drug-likeness (QED) is 0.721. The van der Waals surface area contributed by atoms with E-state index < -0.39 is 5.97 Å². The summed E-state index contributed by atoms with van der Waals surface area (Å²) in [6.45, 7) is 8.55. The minimum Gasteiger partial charge on any atom is -0.481 e. The molecule has 1 N–H and O–H groups in total. The fraction of sp³-hybridized carbons (Fsp3) is 0.917. The van der Waals surface area contributed by atoms with Gasteiger partial charge in [0.25, 0.3) is 0 Å². The Morgan fingerprint density at radius 2 is 2.00 bits per heavy atom. The molecule has 2 rings (SSSR count). The maximum absolute atomic E-state index is 11.1. The summed E-state index contributed by atoms with van der Waals surface area (Å²) in [5.41, 5.74) is 0.302. The molecule has 1 spiro atoms. The number of hydrogen-bond acceptors (Lipinski definition) is 2. The highest BCUT2D eigenvalue weighted by molar-refractivity contribution is 5.72. The maximum Gasteiger partial charge on any atom is 0.307 e. The lowest BCUT2D eigenvalue weighted by molar-refractivity contribution is -0.147. The highest BCUT2D eigenvalue weighted by atomic mass is 16.4. The zero-order chi connectivity index (χ0) is 11.3. The van der Waals surface area contributed by atoms with E-state index in [4.69, 9.17) is 0 Å². The summed E-state index contributed by atoms with van der Waals surface area (Å²) < 4.78 is 0. The van der Waals surface area contributed by atoms with Gasteiger partial charge < -0.3 is 5.11 Å². The van der Waals surface area contributed by atoms with E-state index >= 15 is 0 Å². The van der Waals surface area contributed by atoms with E-state index in [9.17, 15) is 9.90 Å². The van der Waals surface area contributed by atoms with Gasteiger partial charge in [0.15, 0.2) is 0 Å². The molecule has 3 heteroatoms. The third-order valence-corrected chi connectivity index (χ3v) is 4.07. The molecule has 1 heterocycles. The summed E-state index contributed by atoms with van der Waals surface area (Å²) in [7, 11) is 0. The molecule has 1 atom stereocenters. The van der Waals surface area contributed by atoms with Crippen LogP contribution in [0.5, 0.6) is 0 Å². The van der Waals surface area contributed by atoms with Crippen LogP contribution in [0, 0.1) is 11.3 Å². The van der Waals surface area contributed by atoms with Crippen LogP contribution in [-0.2, 0) is 4.79 Å². The normalized spacial score (nSPS) is 30.5. The number of carboxylic acids is 1. The monoisotopic (exact) mass is 211 g/mol. The van der Waals surface area contributed by atoms with Crippen LogP contribution in [0.25, 0.3) is 0 Å². The fourth-order valence-corrected chi connectivity index (χ4v) is 2.79. The first-order chi connectivity index (χ1) is 6.85. The van der Waals surface area contributed by atoms with E-state index in [2.05, 4.69) is 25.7 Å². The van der Waals surface area contributed by atoms with E-state index in [0.717, 1.165) is 32.4 Å². The van der Waals surface area contributed by atoms with Crippen molar-refractivity contribution in [1.82, 2.24) is 4.90 Å². The van der Waals surface area contributed by atoms with Crippen LogP contribution >= 0.6 is 0 Å². The molecule has 1 unspecified atom stereocenters. The summed E-state index contributed by atoms with van der Waals surface area (Å²) in [6, 6.07) is 0. The van der Waals surface area contributed by atoms with Crippen molar-refractivity contribution in [2.45, 2.75) is 45.6 Å². The Labute approximate surface area is 91.5 Å². The van der Waals surface area contributed by atoms with Gasteiger partial charge in [-0.25, -0.2) is 0 Å². The Hall–Kier alpha value is -0.570. The predicted octanol–water partition coefficient (Wildman–Crippen LogP) is 1.97. The Balaban J connectivity index is 2.09. The zero-order valence-electron chi connectivity index (χ0n) is 9.92. The Bertz CT molecular complexity index is 276. The topological polar surface area (TPSA) is 40.5 Å². The molecular formula is C12H21NO2. The van der Waals surface area contributed by atoms with Crippen molar-refractivity contribution >= 4 is 5.97 Å². The van der Waals surface area contributed by atoms with E-state index in [1.165, 1.54) is 0 Å². The molecule has 0 aromatic carbocycles. The summed E-state index contributed by atoms with van der Waals surface area (Å²) in [5.74, 6) is -0.669. The van der Waals surface area contributed by atoms with Crippen LogP contribution in [0.4, 0.5) is 0 Å². The van der Waals surface area contributed by atoms with Gasteiger partial charge in [-0.15, -0.1) is 0 Å². The van der Waals surface area contributed by atoms with Crippen LogP contribution in [-0.4, -0.2) is 34.6 Å². The number of hydrogen-bond donors (Lipinski definition) is 1. The van der Waals surface area contributed by atoms with Gasteiger partial charge in [-0.1, -0.05) is 0 Å². The van der Waals surface area contributed by atoms with Crippen LogP contribution in [0.1, 0.15) is 40.0 Å². The van der Waals surface area contributed by atoms with E-state index in [-0.39, 0.29) is 16.9 Å². The SMILES string of the molecule is CC(C)(C)N1CCC(C(=O)O)C2(CC2)C1. The molecule has 0 aromatic heterocycles. The summed E-state index contributed by atoms with van der Waals surface area (Å²) >= 11 is 0. The second-order valence-electron chi connectivity index (χ2n) is 6.13. The molecular weight excluding hydrogens is 190 g/mol. The molecule has 15 heavy (non-hydrogen) atoms. The third kappa shape index (κ3) is 1.89. The molecule has 2 fully saturated rings. The highest BCUT2D eigenvalue weighted by Gasteiger charge is 2.56. The van der Waals surface area contributed by atoms with Gasteiger partial charge in [0.05, 0.1) is 5.92 Å². The van der Waals surface area contributed by atoms with E-state index in [1.807, 2.05) is 0 Å². The molecule has 1 aliphatic heterocycles. The number of nitrogens with zero attached hydrogens (tertiary/aromatic N) is 1. The summed E-state index contributed by atoms with van der Waals surface area (Å²) in [5, 5.41) is 9.18. The van der Waals surface area contributed by atoms with Gasteiger partial charge in [0.2, 0.25) is 0 Å². The first-order valence-electron chi connectivity index (χ1n) is 5.83. The van der Waals surface area contributed by atoms with Crippen LogP contribution in [0.3, 0.4) is 0 Å². The van der Waals surface area contributed by atoms with Gasteiger partial charge in [0, 0.05) is 12.1 Å². The lowest BCUT2D eigenvalue weighted by atomic mass is 9.81. The van der Waals surface area contributed by atoms with Crippen LogP contribution < -0.4 is 0 Å². The van der Waals surface area contributed by atoms with Crippen LogP contribution in [0.15, 0.2) is 0 Å². The van der Waals surface area contributed by atoms with Crippen molar-refractivity contribution < 1.29 is 9.90 Å². The molecule has 2 aliphatic rings. The molecule has 0 aromatic rings. The number of likely N-dealkylation sites (tertiary alicyclic amines) is 1. The third-order valence-electron chi connectivity index (χ3n) is 4.07. The van der Waals surface area contributed by atoms with Crippen molar-refractivity contribution in [3.8, 4) is 0 Å². The van der Waals surface area contributed by atoms with E-state index in [0.29, 0.717) is 0 Å². The van der Waals surface area contributed by atoms with Gasteiger partial charge in [-0.3, -0.25) is 9.69 Å². The Kier molecular flexibility index (Phi) is 2.34. The lowest BCUT2D eigenvalue weighted by Gasteiger charge is -2.44. The number of carboxylic acid groups (broad SMARTS) is 1. The number of carbonyl (C=O) groups is 1. The molecule has 86 valence electrons. The first-order valence-corrected chi connectivity index (χ1v) is 5.83. The van der Waals surface area contributed by atoms with Gasteiger partial charge in [-0.05, 0) is 52.0 Å². The van der Waals surface area contributed by atoms with Crippen molar-refractivity contribution in [2.24, 2.45) is 11.3 Å². The minimum atomic E-state index is -0.582. The largest absolute Gasteiger partial charge is 0.481 e. The first kappa shape index (κ1) is 10.9. The van der Waals surface area contributed by atoms with Gasteiger partial charge in [0.1, 0.15) is 0 Å². The standard InChI is InChI=1S/C12H21NO2/c1-11(2,3)13-7-4-9(10(14)15)12(8-13)5-6-12/h9H,4-8H2,1-3H3,(H,14,15). The molecule has 1 saturated carbocycles. The number of rotatable bonds is 1. The Morgan fingerprint density at radius 3 is 2.40 bits per heavy atom. The molecule has 1 saturated heterocycles. The zero-order valence-corrected chi connectivity index (χ0v) is 9.92. The van der Waals surface area contributed by atoms with Gasteiger partial charge >= 0.3 is 5.97 Å². The fourth-order valence-electron chi connectivity index (χ4n) is 2.79. The molecule has 3 nitrogen and oxygen atoms in total. The molecule has 0 bridgehead atoms. The average molecular weight is 211 g/mol. The van der Waals surface area contributed by atoms with Crippen molar-refractivity contribution in [2.75, 3.05) is 13.1 Å². The average Bonchev–Trinajstić information content (AvgIpc) is 2.83. The minimum absolute atomic E-state index is 0.0869. The highest BCUT2D eigenvalue weighted by Crippen LogP contribution is 2.56. The van der Waals surface area contributed by atoms with Crippen molar-refractivity contribution in [3.05, 3.63) is 0 Å². The van der Waals surface area contributed by atoms with Crippen molar-refractivity contribution in [3.63, 3.8) is 0 Å². The van der Waals surface area contributed by atoms with Crippen molar-refractivity contribution in [1.29, 1.82) is 0 Å². The number of piperidine rings is 1. The molecule has 0 amide bonds. The molecule has 0 radical (unpaired) electrons. The lowest BCUT2D eigenvalue weighted by Crippen LogP contribution is -2.52. The Morgan fingerprint density at radius 1 is 1.40 bits per heavy atom. The summed E-state index contributed by atoms with van der Waals surface area (Å²) in [4.78, 5) is 13.6.